The van der Waals surface area contributed by atoms with Crippen molar-refractivity contribution in [3.8, 4) is 5.75 Å². The molecule has 3 rings (SSSR count). The lowest BCUT2D eigenvalue weighted by Crippen LogP contribution is -2.19. The Morgan fingerprint density at radius 1 is 1.26 bits per heavy atom. The zero-order valence-electron chi connectivity index (χ0n) is 11.3. The molecule has 2 aliphatic rings. The first-order valence-electron chi connectivity index (χ1n) is 7.38. The van der Waals surface area contributed by atoms with Gasteiger partial charge in [0.05, 0.1) is 11.1 Å². The first-order chi connectivity index (χ1) is 9.28. The maximum absolute atomic E-state index is 6.15. The monoisotopic (exact) mass is 323 g/mol. The molecule has 1 aromatic rings. The van der Waals surface area contributed by atoms with Crippen LogP contribution >= 0.6 is 15.9 Å². The third-order valence-corrected chi connectivity index (χ3v) is 5.41. The molecule has 2 N–H and O–H groups in total. The maximum Gasteiger partial charge on any atom is 0.136 e. The predicted molar refractivity (Wildman–Crippen MR) is 81.3 cm³/mol. The molecule has 1 aromatic carbocycles. The van der Waals surface area contributed by atoms with Crippen LogP contribution in [0.1, 0.15) is 31.2 Å². The average molecular weight is 324 g/mol. The Morgan fingerprint density at radius 3 is 2.84 bits per heavy atom. The molecule has 0 radical (unpaired) electrons. The molecule has 2 saturated carbocycles. The summed E-state index contributed by atoms with van der Waals surface area (Å²) in [7, 11) is 0. The van der Waals surface area contributed by atoms with Crippen LogP contribution in [0.2, 0.25) is 0 Å². The Morgan fingerprint density at radius 2 is 2.16 bits per heavy atom. The van der Waals surface area contributed by atoms with Crippen LogP contribution in [0.15, 0.2) is 22.7 Å². The number of halogens is 1. The maximum atomic E-state index is 6.15. The molecule has 3 heteroatoms. The van der Waals surface area contributed by atoms with Crippen LogP contribution in [0, 0.1) is 17.8 Å². The SMILES string of the molecule is NCCc1cccc(Br)c1OCC1CC2CCC1C2. The summed E-state index contributed by atoms with van der Waals surface area (Å²) in [4.78, 5) is 0. The molecule has 2 aliphatic carbocycles. The number of benzene rings is 1. The highest BCUT2D eigenvalue weighted by atomic mass is 79.9. The molecule has 3 atom stereocenters. The first-order valence-corrected chi connectivity index (χ1v) is 8.17. The Kier molecular flexibility index (Phi) is 4.13. The van der Waals surface area contributed by atoms with Gasteiger partial charge in [-0.05, 0) is 77.5 Å². The summed E-state index contributed by atoms with van der Waals surface area (Å²) in [6.45, 7) is 1.54. The quantitative estimate of drug-likeness (QED) is 0.895. The molecule has 2 nitrogen and oxygen atoms in total. The Labute approximate surface area is 123 Å². The molecule has 0 aliphatic heterocycles. The van der Waals surface area contributed by atoms with E-state index in [0.717, 1.165) is 41.0 Å². The highest BCUT2D eigenvalue weighted by molar-refractivity contribution is 9.10. The van der Waals surface area contributed by atoms with Gasteiger partial charge in [-0.15, -0.1) is 0 Å². The van der Waals surface area contributed by atoms with Crippen LogP contribution in [-0.2, 0) is 6.42 Å². The van der Waals surface area contributed by atoms with Crippen molar-refractivity contribution in [2.24, 2.45) is 23.5 Å². The second-order valence-corrected chi connectivity index (χ2v) is 6.87. The van der Waals surface area contributed by atoms with E-state index in [1.54, 1.807) is 0 Å². The Balaban J connectivity index is 1.66. The summed E-state index contributed by atoms with van der Waals surface area (Å²) < 4.78 is 7.21. The fraction of sp³-hybridized carbons (Fsp3) is 0.625. The van der Waals surface area contributed by atoms with Crippen LogP contribution in [0.5, 0.6) is 5.75 Å². The lowest BCUT2D eigenvalue weighted by atomic mass is 9.89. The molecule has 19 heavy (non-hydrogen) atoms. The highest BCUT2D eigenvalue weighted by Gasteiger charge is 2.39. The fourth-order valence-corrected chi connectivity index (χ4v) is 4.36. The van der Waals surface area contributed by atoms with Gasteiger partial charge in [0.1, 0.15) is 5.75 Å². The van der Waals surface area contributed by atoms with Gasteiger partial charge in [0, 0.05) is 0 Å². The van der Waals surface area contributed by atoms with E-state index >= 15 is 0 Å². The van der Waals surface area contributed by atoms with Gasteiger partial charge in [-0.25, -0.2) is 0 Å². The van der Waals surface area contributed by atoms with E-state index in [1.807, 2.05) is 0 Å². The van der Waals surface area contributed by atoms with Crippen LogP contribution in [0.25, 0.3) is 0 Å². The van der Waals surface area contributed by atoms with Crippen LogP contribution in [-0.4, -0.2) is 13.2 Å². The molecular formula is C16H22BrNO. The lowest BCUT2D eigenvalue weighted by Gasteiger charge is -2.23. The van der Waals surface area contributed by atoms with Crippen molar-refractivity contribution in [3.05, 3.63) is 28.2 Å². The Bertz CT molecular complexity index is 448. The number of ether oxygens (including phenoxy) is 1. The molecule has 0 heterocycles. The molecule has 3 unspecified atom stereocenters. The van der Waals surface area contributed by atoms with Crippen LogP contribution in [0.3, 0.4) is 0 Å². The van der Waals surface area contributed by atoms with Gasteiger partial charge in [-0.1, -0.05) is 18.6 Å². The van der Waals surface area contributed by atoms with Gasteiger partial charge >= 0.3 is 0 Å². The number of hydrogen-bond donors (Lipinski definition) is 1. The number of para-hydroxylation sites is 1. The fourth-order valence-electron chi connectivity index (χ4n) is 3.84. The van der Waals surface area contributed by atoms with Crippen molar-refractivity contribution in [3.63, 3.8) is 0 Å². The van der Waals surface area contributed by atoms with Crippen molar-refractivity contribution in [1.29, 1.82) is 0 Å². The van der Waals surface area contributed by atoms with E-state index in [-0.39, 0.29) is 0 Å². The van der Waals surface area contributed by atoms with Crippen molar-refractivity contribution in [2.45, 2.75) is 32.1 Å². The molecule has 104 valence electrons. The predicted octanol–water partition coefficient (Wildman–Crippen LogP) is 3.77. The smallest absolute Gasteiger partial charge is 0.136 e. The van der Waals surface area contributed by atoms with Crippen LogP contribution in [0.4, 0.5) is 0 Å². The second kappa shape index (κ2) is 5.84. The summed E-state index contributed by atoms with van der Waals surface area (Å²) in [5.74, 6) is 3.69. The molecule has 0 saturated heterocycles. The number of hydrogen-bond acceptors (Lipinski definition) is 2. The van der Waals surface area contributed by atoms with E-state index in [2.05, 4.69) is 34.1 Å². The van der Waals surface area contributed by atoms with E-state index in [0.29, 0.717) is 6.54 Å². The van der Waals surface area contributed by atoms with Crippen molar-refractivity contribution in [1.82, 2.24) is 0 Å². The zero-order valence-corrected chi connectivity index (χ0v) is 12.9. The van der Waals surface area contributed by atoms with Crippen molar-refractivity contribution < 1.29 is 4.74 Å². The molecule has 0 amide bonds. The third-order valence-electron chi connectivity index (χ3n) is 4.79. The average Bonchev–Trinajstić information content (AvgIpc) is 3.00. The number of fused-ring (bicyclic) bond motifs is 2. The standard InChI is InChI=1S/C16H22BrNO/c17-15-3-1-2-12(6-7-18)16(15)19-10-14-9-11-4-5-13(14)8-11/h1-3,11,13-14H,4-10,18H2. The molecule has 0 spiro atoms. The summed E-state index contributed by atoms with van der Waals surface area (Å²) in [5, 5.41) is 0. The minimum atomic E-state index is 0.668. The number of rotatable bonds is 5. The van der Waals surface area contributed by atoms with Gasteiger partial charge in [0.2, 0.25) is 0 Å². The molecular weight excluding hydrogens is 302 g/mol. The summed E-state index contributed by atoms with van der Waals surface area (Å²) in [6.07, 6.45) is 6.57. The second-order valence-electron chi connectivity index (χ2n) is 6.01. The van der Waals surface area contributed by atoms with Crippen molar-refractivity contribution >= 4 is 15.9 Å². The van der Waals surface area contributed by atoms with E-state index in [9.17, 15) is 0 Å². The normalized spacial score (nSPS) is 28.8. The van der Waals surface area contributed by atoms with E-state index < -0.39 is 0 Å². The number of nitrogens with two attached hydrogens (primary N) is 1. The molecule has 0 aromatic heterocycles. The summed E-state index contributed by atoms with van der Waals surface area (Å²) in [6, 6.07) is 6.23. The van der Waals surface area contributed by atoms with Gasteiger partial charge in [0.25, 0.3) is 0 Å². The summed E-state index contributed by atoms with van der Waals surface area (Å²) >= 11 is 3.60. The van der Waals surface area contributed by atoms with Gasteiger partial charge in [-0.2, -0.15) is 0 Å². The van der Waals surface area contributed by atoms with Gasteiger partial charge in [-0.3, -0.25) is 0 Å². The van der Waals surface area contributed by atoms with E-state index in [4.69, 9.17) is 10.5 Å². The zero-order chi connectivity index (χ0) is 13.2. The van der Waals surface area contributed by atoms with E-state index in [1.165, 1.54) is 31.2 Å². The topological polar surface area (TPSA) is 35.2 Å². The Hall–Kier alpha value is -0.540. The van der Waals surface area contributed by atoms with Gasteiger partial charge in [0.15, 0.2) is 0 Å². The molecule has 2 fully saturated rings. The van der Waals surface area contributed by atoms with Crippen molar-refractivity contribution in [2.75, 3.05) is 13.2 Å². The lowest BCUT2D eigenvalue weighted by molar-refractivity contribution is 0.193. The minimum Gasteiger partial charge on any atom is -0.492 e. The van der Waals surface area contributed by atoms with Crippen LogP contribution < -0.4 is 10.5 Å². The molecule has 2 bridgehead atoms. The first kappa shape index (κ1) is 13.4. The minimum absolute atomic E-state index is 0.668. The third kappa shape index (κ3) is 2.82. The highest BCUT2D eigenvalue weighted by Crippen LogP contribution is 2.48. The largest absolute Gasteiger partial charge is 0.492 e. The van der Waals surface area contributed by atoms with Gasteiger partial charge < -0.3 is 10.5 Å². The summed E-state index contributed by atoms with van der Waals surface area (Å²) in [5.41, 5.74) is 6.90.